The highest BCUT2D eigenvalue weighted by Crippen LogP contribution is 2.24. The number of H-pyrrole nitrogens is 2. The molecule has 0 amide bonds. The Hall–Kier alpha value is -3.43. The number of ether oxygens (including phenoxy) is 1. The third-order valence-electron chi connectivity index (χ3n) is 4.21. The van der Waals surface area contributed by atoms with E-state index < -0.39 is 17.2 Å². The molecule has 9 nitrogen and oxygen atoms in total. The van der Waals surface area contributed by atoms with E-state index in [0.717, 1.165) is 22.1 Å². The molecule has 0 unspecified atom stereocenters. The van der Waals surface area contributed by atoms with Crippen molar-refractivity contribution in [2.75, 3.05) is 20.3 Å². The first-order valence-corrected chi connectivity index (χ1v) is 8.86. The van der Waals surface area contributed by atoms with Crippen molar-refractivity contribution in [1.29, 1.82) is 0 Å². The van der Waals surface area contributed by atoms with E-state index >= 15 is 0 Å². The minimum atomic E-state index is -1.33. The fourth-order valence-electron chi connectivity index (χ4n) is 2.87. The number of aromatic amines is 2. The van der Waals surface area contributed by atoms with E-state index in [1.807, 2.05) is 36.4 Å². The first-order chi connectivity index (χ1) is 13.9. The fourth-order valence-corrected chi connectivity index (χ4v) is 2.87. The number of nitrogens with one attached hydrogen (secondary N) is 2. The summed E-state index contributed by atoms with van der Waals surface area (Å²) in [4.78, 5) is 38.8. The van der Waals surface area contributed by atoms with Gasteiger partial charge in [-0.2, -0.15) is 0 Å². The number of carboxylic acid groups (broad SMARTS) is 1. The van der Waals surface area contributed by atoms with Crippen LogP contribution < -0.4 is 21.7 Å². The molecule has 0 bridgehead atoms. The predicted molar refractivity (Wildman–Crippen MR) is 109 cm³/mol. The number of hydrogen-bond acceptors (Lipinski definition) is 6. The summed E-state index contributed by atoms with van der Waals surface area (Å²) in [5.41, 5.74) is 3.93. The number of methoxy groups -OCH3 is 1. The maximum atomic E-state index is 12.0. The van der Waals surface area contributed by atoms with Crippen LogP contribution in [0.4, 0.5) is 0 Å². The first-order valence-electron chi connectivity index (χ1n) is 8.86. The maximum Gasteiger partial charge on any atom is 0.352 e. The molecule has 6 N–H and O–H groups in total. The number of aliphatic hydroxyl groups is 1. The van der Waals surface area contributed by atoms with Gasteiger partial charge >= 0.3 is 11.7 Å². The zero-order chi connectivity index (χ0) is 21.4. The Kier molecular flexibility index (Phi) is 7.70. The highest BCUT2D eigenvalue weighted by atomic mass is 16.5. The van der Waals surface area contributed by atoms with Crippen molar-refractivity contribution >= 4 is 16.7 Å². The summed E-state index contributed by atoms with van der Waals surface area (Å²) < 4.78 is 5.22. The zero-order valence-corrected chi connectivity index (χ0v) is 15.9. The van der Waals surface area contributed by atoms with Crippen molar-refractivity contribution < 1.29 is 19.7 Å². The molecule has 9 heteroatoms. The average Bonchev–Trinajstić information content (AvgIpc) is 2.72. The number of fused-ring (bicyclic) bond motifs is 1. The first kappa shape index (κ1) is 21.9. The molecule has 2 aromatic carbocycles. The van der Waals surface area contributed by atoms with Gasteiger partial charge in [0.1, 0.15) is 11.4 Å². The number of rotatable bonds is 6. The van der Waals surface area contributed by atoms with Crippen LogP contribution in [0.2, 0.25) is 0 Å². The highest BCUT2D eigenvalue weighted by molar-refractivity contribution is 5.88. The molecule has 1 aromatic heterocycles. The van der Waals surface area contributed by atoms with Crippen molar-refractivity contribution in [1.82, 2.24) is 9.97 Å². The van der Waals surface area contributed by atoms with E-state index in [2.05, 4.69) is 9.97 Å². The van der Waals surface area contributed by atoms with Gasteiger partial charge in [0.05, 0.1) is 13.7 Å². The summed E-state index contributed by atoms with van der Waals surface area (Å²) in [5, 5.41) is 18.9. The number of aliphatic hydroxyl groups excluding tert-OH is 1. The van der Waals surface area contributed by atoms with Crippen molar-refractivity contribution in [3.8, 4) is 5.75 Å². The summed E-state index contributed by atoms with van der Waals surface area (Å²) in [6.45, 7) is 0.472. The number of aromatic nitrogens is 2. The van der Waals surface area contributed by atoms with Gasteiger partial charge in [-0.3, -0.25) is 9.78 Å². The van der Waals surface area contributed by atoms with E-state index in [0.29, 0.717) is 13.0 Å². The van der Waals surface area contributed by atoms with Crippen LogP contribution in [0.5, 0.6) is 5.75 Å². The number of nitrogens with two attached hydrogens (primary N) is 1. The van der Waals surface area contributed by atoms with Gasteiger partial charge in [-0.25, -0.2) is 9.59 Å². The van der Waals surface area contributed by atoms with E-state index in [-0.39, 0.29) is 24.3 Å². The predicted octanol–water partition coefficient (Wildman–Crippen LogP) is 0.646. The van der Waals surface area contributed by atoms with Gasteiger partial charge in [0.25, 0.3) is 5.56 Å². The molecule has 0 aliphatic carbocycles. The highest BCUT2D eigenvalue weighted by Gasteiger charge is 2.16. The molecule has 3 aromatic rings. The molecule has 0 spiro atoms. The molecule has 0 aliphatic heterocycles. The minimum absolute atomic E-state index is 0.0533. The van der Waals surface area contributed by atoms with Crippen molar-refractivity contribution in [2.45, 2.75) is 12.8 Å². The monoisotopic (exact) mass is 401 g/mol. The minimum Gasteiger partial charge on any atom is -0.497 e. The molecule has 0 radical (unpaired) electrons. The number of hydrogen-bond donors (Lipinski definition) is 5. The Morgan fingerprint density at radius 3 is 2.48 bits per heavy atom. The second-order valence-corrected chi connectivity index (χ2v) is 6.08. The summed E-state index contributed by atoms with van der Waals surface area (Å²) in [6, 6.07) is 11.5. The molecular weight excluding hydrogens is 378 g/mol. The topological polar surface area (TPSA) is 158 Å². The molecule has 0 aliphatic rings. The van der Waals surface area contributed by atoms with Crippen LogP contribution in [-0.4, -0.2) is 46.4 Å². The van der Waals surface area contributed by atoms with Crippen molar-refractivity contribution in [2.24, 2.45) is 5.73 Å². The number of benzene rings is 2. The average molecular weight is 401 g/mol. The summed E-state index contributed by atoms with van der Waals surface area (Å²) >= 11 is 0. The van der Waals surface area contributed by atoms with Crippen LogP contribution in [-0.2, 0) is 12.8 Å². The number of carbonyl (C=O) groups is 1. The Labute approximate surface area is 165 Å². The number of carboxylic acids is 1. The molecular formula is C20H23N3O6. The molecule has 1 heterocycles. The van der Waals surface area contributed by atoms with E-state index in [9.17, 15) is 19.5 Å². The lowest BCUT2D eigenvalue weighted by molar-refractivity contribution is 0.0688. The molecule has 0 saturated carbocycles. The van der Waals surface area contributed by atoms with E-state index in [4.69, 9.17) is 15.6 Å². The maximum absolute atomic E-state index is 12.0. The van der Waals surface area contributed by atoms with E-state index in [1.165, 1.54) is 0 Å². The number of aryl methyl sites for hydroxylation is 1. The van der Waals surface area contributed by atoms with Crippen LogP contribution in [0.3, 0.4) is 0 Å². The molecule has 154 valence electrons. The van der Waals surface area contributed by atoms with Crippen molar-refractivity contribution in [3.63, 3.8) is 0 Å². The van der Waals surface area contributed by atoms with Gasteiger partial charge in [0, 0.05) is 12.1 Å². The van der Waals surface area contributed by atoms with Crippen LogP contribution >= 0.6 is 0 Å². The SMILES string of the molecule is COc1ccc2c(CCc3c(C(=O)O)[nH]c(=O)[nH]c3=O)cccc2c1.NCCO. The Bertz CT molecular complexity index is 1100. The Morgan fingerprint density at radius 2 is 1.86 bits per heavy atom. The summed E-state index contributed by atoms with van der Waals surface area (Å²) in [5.74, 6) is -0.587. The molecule has 29 heavy (non-hydrogen) atoms. The molecule has 0 atom stereocenters. The van der Waals surface area contributed by atoms with Crippen LogP contribution in [0.25, 0.3) is 10.8 Å². The Balaban J connectivity index is 0.000000687. The largest absolute Gasteiger partial charge is 0.497 e. The molecule has 3 rings (SSSR count). The van der Waals surface area contributed by atoms with Gasteiger partial charge in [-0.1, -0.05) is 24.3 Å². The van der Waals surface area contributed by atoms with Gasteiger partial charge < -0.3 is 25.7 Å². The summed E-state index contributed by atoms with van der Waals surface area (Å²) in [6.07, 6.45) is 0.651. The fraction of sp³-hybridized carbons (Fsp3) is 0.250. The lowest BCUT2D eigenvalue weighted by atomic mass is 9.98. The smallest absolute Gasteiger partial charge is 0.352 e. The van der Waals surface area contributed by atoms with Gasteiger partial charge in [-0.15, -0.1) is 0 Å². The third kappa shape index (κ3) is 5.53. The molecule has 0 saturated heterocycles. The van der Waals surface area contributed by atoms with E-state index in [1.54, 1.807) is 7.11 Å². The quantitative estimate of drug-likeness (QED) is 0.405. The third-order valence-corrected chi connectivity index (χ3v) is 4.21. The zero-order valence-electron chi connectivity index (χ0n) is 15.9. The van der Waals surface area contributed by atoms with Gasteiger partial charge in [-0.05, 0) is 41.3 Å². The second kappa shape index (κ2) is 10.2. The van der Waals surface area contributed by atoms with Crippen molar-refractivity contribution in [3.05, 3.63) is 74.1 Å². The Morgan fingerprint density at radius 1 is 1.14 bits per heavy atom. The van der Waals surface area contributed by atoms with Gasteiger partial charge in [0.2, 0.25) is 0 Å². The van der Waals surface area contributed by atoms with Gasteiger partial charge in [0.15, 0.2) is 0 Å². The number of aromatic carboxylic acids is 1. The lowest BCUT2D eigenvalue weighted by Gasteiger charge is -2.09. The standard InChI is InChI=1S/C18H16N2O5.C2H7NO/c1-25-12-6-8-13-10(3-2-4-11(13)9-12)5-7-14-15(17(22)23)19-18(24)20-16(14)21;3-1-2-4/h2-4,6,8-9H,5,7H2,1H3,(H,22,23)(H2,19,20,21,24);4H,1-3H2. The normalized spacial score (nSPS) is 10.3. The van der Waals surface area contributed by atoms with Crippen LogP contribution in [0, 0.1) is 0 Å². The van der Waals surface area contributed by atoms with Crippen LogP contribution in [0.1, 0.15) is 21.6 Å². The molecule has 0 fully saturated rings. The van der Waals surface area contributed by atoms with Crippen LogP contribution in [0.15, 0.2) is 46.0 Å². The summed E-state index contributed by atoms with van der Waals surface area (Å²) in [7, 11) is 1.60. The second-order valence-electron chi connectivity index (χ2n) is 6.08. The lowest BCUT2D eigenvalue weighted by Crippen LogP contribution is -2.30.